The zero-order valence-electron chi connectivity index (χ0n) is 9.97. The predicted octanol–water partition coefficient (Wildman–Crippen LogP) is 0.802. The molecule has 0 bridgehead atoms. The van der Waals surface area contributed by atoms with E-state index in [1.54, 1.807) is 29.1 Å². The highest BCUT2D eigenvalue weighted by molar-refractivity contribution is 8.01. The van der Waals surface area contributed by atoms with Crippen molar-refractivity contribution in [3.8, 4) is 0 Å². The Morgan fingerprint density at radius 1 is 1.72 bits per heavy atom. The normalized spacial score (nSPS) is 30.6. The third-order valence-electron chi connectivity index (χ3n) is 3.51. The van der Waals surface area contributed by atoms with E-state index in [2.05, 4.69) is 15.5 Å². The number of fused-ring (bicyclic) bond motifs is 1. The molecule has 1 aromatic rings. The summed E-state index contributed by atoms with van der Waals surface area (Å²) in [4.78, 5) is 25.6. The van der Waals surface area contributed by atoms with Gasteiger partial charge < -0.3 is 10.2 Å². The third kappa shape index (κ3) is 1.69. The van der Waals surface area contributed by atoms with Crippen LogP contribution in [0.5, 0.6) is 0 Å². The molecule has 2 aliphatic heterocycles. The molecule has 1 aromatic heterocycles. The van der Waals surface area contributed by atoms with Crippen molar-refractivity contribution in [1.29, 1.82) is 0 Å². The van der Waals surface area contributed by atoms with E-state index in [-0.39, 0.29) is 22.7 Å². The van der Waals surface area contributed by atoms with Gasteiger partial charge in [0, 0.05) is 18.4 Å². The first-order valence-electron chi connectivity index (χ1n) is 5.86. The summed E-state index contributed by atoms with van der Waals surface area (Å²) in [6.07, 6.45) is 4.53. The van der Waals surface area contributed by atoms with Gasteiger partial charge in [0.05, 0.1) is 16.8 Å². The molecule has 3 heterocycles. The Hall–Kier alpha value is -1.50. The van der Waals surface area contributed by atoms with Gasteiger partial charge in [0.1, 0.15) is 6.04 Å². The van der Waals surface area contributed by atoms with Crippen LogP contribution in [-0.4, -0.2) is 43.6 Å². The molecule has 96 valence electrons. The number of carbonyl (C=O) groups excluding carboxylic acids is 2. The standard InChI is InChI=1S/C11H14N4O2S/c1-11-3-2-9(16)15(11)8(6-18-11)10(17)14-7-4-12-13-5-7/h4-5,8H,2-3,6H2,1H3,(H,12,13)(H,14,17). The number of aromatic nitrogens is 2. The Balaban J connectivity index is 1.77. The third-order valence-corrected chi connectivity index (χ3v) is 5.02. The number of carbonyl (C=O) groups is 2. The Morgan fingerprint density at radius 3 is 3.28 bits per heavy atom. The molecule has 0 aromatic carbocycles. The van der Waals surface area contributed by atoms with Crippen LogP contribution in [-0.2, 0) is 9.59 Å². The number of nitrogens with one attached hydrogen (secondary N) is 2. The van der Waals surface area contributed by atoms with Crippen LogP contribution >= 0.6 is 11.8 Å². The minimum absolute atomic E-state index is 0.0786. The maximum atomic E-state index is 12.2. The highest BCUT2D eigenvalue weighted by Crippen LogP contribution is 2.47. The van der Waals surface area contributed by atoms with Crippen LogP contribution in [0.3, 0.4) is 0 Å². The van der Waals surface area contributed by atoms with Gasteiger partial charge in [-0.15, -0.1) is 11.8 Å². The van der Waals surface area contributed by atoms with Crippen molar-refractivity contribution in [2.45, 2.75) is 30.7 Å². The van der Waals surface area contributed by atoms with E-state index in [9.17, 15) is 9.59 Å². The van der Waals surface area contributed by atoms with Crippen LogP contribution in [0.1, 0.15) is 19.8 Å². The number of thioether (sulfide) groups is 1. The van der Waals surface area contributed by atoms with E-state index < -0.39 is 0 Å². The molecule has 7 heteroatoms. The zero-order valence-corrected chi connectivity index (χ0v) is 10.8. The van der Waals surface area contributed by atoms with Crippen molar-refractivity contribution < 1.29 is 9.59 Å². The van der Waals surface area contributed by atoms with Gasteiger partial charge in [-0.05, 0) is 13.3 Å². The predicted molar refractivity (Wildman–Crippen MR) is 67.9 cm³/mol. The highest BCUT2D eigenvalue weighted by atomic mass is 32.2. The minimum atomic E-state index is -0.370. The number of aromatic amines is 1. The average Bonchev–Trinajstić information content (AvgIpc) is 2.99. The van der Waals surface area contributed by atoms with Crippen LogP contribution in [0.15, 0.2) is 12.4 Å². The average molecular weight is 266 g/mol. The molecule has 2 N–H and O–H groups in total. The van der Waals surface area contributed by atoms with Gasteiger partial charge in [-0.3, -0.25) is 14.7 Å². The first-order valence-corrected chi connectivity index (χ1v) is 6.84. The number of rotatable bonds is 2. The van der Waals surface area contributed by atoms with E-state index >= 15 is 0 Å². The van der Waals surface area contributed by atoms with Crippen molar-refractivity contribution in [1.82, 2.24) is 15.1 Å². The molecule has 0 spiro atoms. The fraction of sp³-hybridized carbons (Fsp3) is 0.545. The monoisotopic (exact) mass is 266 g/mol. The Labute approximate surface area is 108 Å². The van der Waals surface area contributed by atoms with Gasteiger partial charge >= 0.3 is 0 Å². The van der Waals surface area contributed by atoms with E-state index in [1.807, 2.05) is 6.92 Å². The number of hydrogen-bond acceptors (Lipinski definition) is 4. The molecule has 2 atom stereocenters. The molecular weight excluding hydrogens is 252 g/mol. The van der Waals surface area contributed by atoms with Gasteiger partial charge in [-0.1, -0.05) is 0 Å². The van der Waals surface area contributed by atoms with E-state index in [0.717, 1.165) is 6.42 Å². The van der Waals surface area contributed by atoms with Crippen LogP contribution in [0.2, 0.25) is 0 Å². The van der Waals surface area contributed by atoms with Crippen molar-refractivity contribution in [2.75, 3.05) is 11.1 Å². The van der Waals surface area contributed by atoms with E-state index in [0.29, 0.717) is 17.9 Å². The Bertz CT molecular complexity index is 489. The van der Waals surface area contributed by atoms with Crippen molar-refractivity contribution in [2.24, 2.45) is 0 Å². The molecule has 0 saturated carbocycles. The van der Waals surface area contributed by atoms with Crippen LogP contribution in [0, 0.1) is 0 Å². The first-order chi connectivity index (χ1) is 8.60. The molecule has 2 unspecified atom stereocenters. The summed E-state index contributed by atoms with van der Waals surface area (Å²) in [5, 5.41) is 9.18. The largest absolute Gasteiger partial charge is 0.322 e. The molecule has 3 rings (SSSR count). The van der Waals surface area contributed by atoms with Gasteiger partial charge in [-0.2, -0.15) is 5.10 Å². The van der Waals surface area contributed by atoms with Crippen LogP contribution < -0.4 is 5.32 Å². The molecule has 2 amide bonds. The lowest BCUT2D eigenvalue weighted by Gasteiger charge is -2.29. The highest BCUT2D eigenvalue weighted by Gasteiger charge is 2.52. The van der Waals surface area contributed by atoms with Crippen molar-refractivity contribution in [3.63, 3.8) is 0 Å². The van der Waals surface area contributed by atoms with Gasteiger partial charge in [-0.25, -0.2) is 0 Å². The number of nitrogens with zero attached hydrogens (tertiary/aromatic N) is 2. The number of anilines is 1. The second kappa shape index (κ2) is 4.01. The van der Waals surface area contributed by atoms with E-state index in [1.165, 1.54) is 0 Å². The fourth-order valence-corrected chi connectivity index (χ4v) is 3.99. The lowest BCUT2D eigenvalue weighted by Crippen LogP contribution is -2.47. The zero-order chi connectivity index (χ0) is 12.8. The second-order valence-corrected chi connectivity index (χ2v) is 6.24. The first kappa shape index (κ1) is 11.6. The van der Waals surface area contributed by atoms with Gasteiger partial charge in [0.25, 0.3) is 0 Å². The molecule has 0 radical (unpaired) electrons. The summed E-state index contributed by atoms with van der Waals surface area (Å²) in [6.45, 7) is 2.04. The molecular formula is C11H14N4O2S. The lowest BCUT2D eigenvalue weighted by atomic mass is 10.2. The number of hydrogen-bond donors (Lipinski definition) is 2. The van der Waals surface area contributed by atoms with E-state index in [4.69, 9.17) is 0 Å². The van der Waals surface area contributed by atoms with Crippen molar-refractivity contribution >= 4 is 29.3 Å². The van der Waals surface area contributed by atoms with Gasteiger partial charge in [0.15, 0.2) is 0 Å². The summed E-state index contributed by atoms with van der Waals surface area (Å²) >= 11 is 1.69. The van der Waals surface area contributed by atoms with Gasteiger partial charge in [0.2, 0.25) is 11.8 Å². The maximum Gasteiger partial charge on any atom is 0.248 e. The quantitative estimate of drug-likeness (QED) is 0.830. The Kier molecular flexibility index (Phi) is 2.58. The smallest absolute Gasteiger partial charge is 0.248 e. The number of H-pyrrole nitrogens is 1. The molecule has 2 saturated heterocycles. The molecule has 2 fully saturated rings. The summed E-state index contributed by atoms with van der Waals surface area (Å²) in [5.41, 5.74) is 0.630. The summed E-state index contributed by atoms with van der Waals surface area (Å²) in [7, 11) is 0. The molecule has 0 aliphatic carbocycles. The molecule has 6 nitrogen and oxygen atoms in total. The SMILES string of the molecule is CC12CCC(=O)N1C(C(=O)Nc1cn[nH]c1)CS2. The lowest BCUT2D eigenvalue weighted by molar-refractivity contribution is -0.135. The topological polar surface area (TPSA) is 78.1 Å². The fourth-order valence-electron chi connectivity index (χ4n) is 2.56. The van der Waals surface area contributed by atoms with Crippen LogP contribution in [0.4, 0.5) is 5.69 Å². The second-order valence-electron chi connectivity index (χ2n) is 4.74. The minimum Gasteiger partial charge on any atom is -0.322 e. The van der Waals surface area contributed by atoms with Crippen LogP contribution in [0.25, 0.3) is 0 Å². The summed E-state index contributed by atoms with van der Waals surface area (Å²) in [6, 6.07) is -0.370. The molecule has 2 aliphatic rings. The Morgan fingerprint density at radius 2 is 2.56 bits per heavy atom. The van der Waals surface area contributed by atoms with Crippen molar-refractivity contribution in [3.05, 3.63) is 12.4 Å². The molecule has 18 heavy (non-hydrogen) atoms. The summed E-state index contributed by atoms with van der Waals surface area (Å²) < 4.78 is 0. The maximum absolute atomic E-state index is 12.2. The number of amides is 2. The summed E-state index contributed by atoms with van der Waals surface area (Å²) in [5.74, 6) is 0.601.